The molecule has 2 aliphatic rings. The van der Waals surface area contributed by atoms with Crippen LogP contribution in [0.5, 0.6) is 0 Å². The highest BCUT2D eigenvalue weighted by Crippen LogP contribution is 2.19. The van der Waals surface area contributed by atoms with E-state index < -0.39 is 0 Å². The highest BCUT2D eigenvalue weighted by atomic mass is 16.2. The molecule has 166 valence electrons. The summed E-state index contributed by atoms with van der Waals surface area (Å²) >= 11 is 0. The average Bonchev–Trinajstić information content (AvgIpc) is 2.77. The molecule has 0 atom stereocenters. The molecule has 8 nitrogen and oxygen atoms in total. The number of nitrogens with one attached hydrogen (secondary N) is 1. The molecular formula is C22H36N6O2. The van der Waals surface area contributed by atoms with Crippen molar-refractivity contribution in [1.29, 1.82) is 0 Å². The van der Waals surface area contributed by atoms with Gasteiger partial charge in [0, 0.05) is 52.4 Å². The number of likely N-dealkylation sites (N-methyl/N-ethyl adjacent to an activating group) is 1. The lowest BCUT2D eigenvalue weighted by Crippen LogP contribution is -2.51. The van der Waals surface area contributed by atoms with Crippen LogP contribution in [0.15, 0.2) is 18.3 Å². The molecule has 0 spiro atoms. The van der Waals surface area contributed by atoms with Crippen LogP contribution in [0.25, 0.3) is 0 Å². The number of hydrogen-bond donors (Lipinski definition) is 1. The van der Waals surface area contributed by atoms with E-state index in [0.717, 1.165) is 63.9 Å². The van der Waals surface area contributed by atoms with Gasteiger partial charge in [-0.15, -0.1) is 0 Å². The average molecular weight is 417 g/mol. The van der Waals surface area contributed by atoms with Crippen molar-refractivity contribution in [3.8, 4) is 0 Å². The van der Waals surface area contributed by atoms with Gasteiger partial charge in [-0.25, -0.2) is 4.98 Å². The van der Waals surface area contributed by atoms with Gasteiger partial charge < -0.3 is 15.1 Å². The SMILES string of the molecule is CCN(CC)C(=O)CN1CCN(CC(=O)Nc2ccc(N3CCCCC3)nc2)CC1. The monoisotopic (exact) mass is 416 g/mol. The largest absolute Gasteiger partial charge is 0.357 e. The number of rotatable bonds is 8. The maximum Gasteiger partial charge on any atom is 0.238 e. The fraction of sp³-hybridized carbons (Fsp3) is 0.682. The molecular weight excluding hydrogens is 380 g/mol. The maximum atomic E-state index is 12.4. The van der Waals surface area contributed by atoms with E-state index in [1.165, 1.54) is 19.3 Å². The van der Waals surface area contributed by atoms with E-state index in [1.807, 2.05) is 30.9 Å². The first-order valence-electron chi connectivity index (χ1n) is 11.3. The van der Waals surface area contributed by atoms with Crippen molar-refractivity contribution in [3.05, 3.63) is 18.3 Å². The van der Waals surface area contributed by atoms with Crippen LogP contribution in [-0.2, 0) is 9.59 Å². The van der Waals surface area contributed by atoms with Crippen molar-refractivity contribution >= 4 is 23.3 Å². The van der Waals surface area contributed by atoms with Gasteiger partial charge in [0.2, 0.25) is 11.8 Å². The van der Waals surface area contributed by atoms with Crippen LogP contribution >= 0.6 is 0 Å². The lowest BCUT2D eigenvalue weighted by molar-refractivity contribution is -0.132. The summed E-state index contributed by atoms with van der Waals surface area (Å²) in [6.07, 6.45) is 5.48. The van der Waals surface area contributed by atoms with Gasteiger partial charge >= 0.3 is 0 Å². The Labute approximate surface area is 180 Å². The lowest BCUT2D eigenvalue weighted by atomic mass is 10.1. The van der Waals surface area contributed by atoms with Gasteiger partial charge in [-0.3, -0.25) is 19.4 Å². The van der Waals surface area contributed by atoms with Crippen molar-refractivity contribution in [3.63, 3.8) is 0 Å². The molecule has 0 unspecified atom stereocenters. The molecule has 0 radical (unpaired) electrons. The number of pyridine rings is 1. The van der Waals surface area contributed by atoms with Gasteiger partial charge in [0.25, 0.3) is 0 Å². The fourth-order valence-corrected chi connectivity index (χ4v) is 4.15. The van der Waals surface area contributed by atoms with Crippen LogP contribution in [0.2, 0.25) is 0 Å². The number of piperidine rings is 1. The Morgan fingerprint density at radius 1 is 0.933 bits per heavy atom. The smallest absolute Gasteiger partial charge is 0.238 e. The minimum atomic E-state index is -0.0183. The van der Waals surface area contributed by atoms with E-state index >= 15 is 0 Å². The summed E-state index contributed by atoms with van der Waals surface area (Å²) in [5.41, 5.74) is 0.740. The molecule has 2 amide bonds. The lowest BCUT2D eigenvalue weighted by Gasteiger charge is -2.34. The quantitative estimate of drug-likeness (QED) is 0.692. The molecule has 0 saturated carbocycles. The normalized spacial score (nSPS) is 18.3. The molecule has 0 aliphatic carbocycles. The van der Waals surface area contributed by atoms with Crippen LogP contribution in [0.1, 0.15) is 33.1 Å². The van der Waals surface area contributed by atoms with Gasteiger partial charge in [-0.1, -0.05) is 0 Å². The van der Waals surface area contributed by atoms with Crippen LogP contribution in [0.4, 0.5) is 11.5 Å². The molecule has 3 heterocycles. The number of carbonyl (C=O) groups excluding carboxylic acids is 2. The predicted molar refractivity (Wildman–Crippen MR) is 120 cm³/mol. The van der Waals surface area contributed by atoms with E-state index in [4.69, 9.17) is 0 Å². The number of amides is 2. The molecule has 0 aromatic carbocycles. The molecule has 1 aromatic heterocycles. The Morgan fingerprint density at radius 2 is 1.57 bits per heavy atom. The third kappa shape index (κ3) is 6.40. The predicted octanol–water partition coefficient (Wildman–Crippen LogP) is 1.50. The molecule has 30 heavy (non-hydrogen) atoms. The van der Waals surface area contributed by atoms with E-state index in [9.17, 15) is 9.59 Å². The van der Waals surface area contributed by atoms with Crippen molar-refractivity contribution in [2.24, 2.45) is 0 Å². The number of hydrogen-bond acceptors (Lipinski definition) is 6. The third-order valence-corrected chi connectivity index (χ3v) is 6.02. The highest BCUT2D eigenvalue weighted by Gasteiger charge is 2.22. The number of carbonyl (C=O) groups is 2. The summed E-state index contributed by atoms with van der Waals surface area (Å²) in [7, 11) is 0. The summed E-state index contributed by atoms with van der Waals surface area (Å²) < 4.78 is 0. The number of nitrogens with zero attached hydrogens (tertiary/aromatic N) is 5. The molecule has 2 saturated heterocycles. The molecule has 2 aliphatic heterocycles. The Morgan fingerprint density at radius 3 is 2.13 bits per heavy atom. The van der Waals surface area contributed by atoms with E-state index in [1.54, 1.807) is 6.20 Å². The van der Waals surface area contributed by atoms with E-state index in [2.05, 4.69) is 25.0 Å². The summed E-state index contributed by atoms with van der Waals surface area (Å²) in [5, 5.41) is 2.96. The Balaban J connectivity index is 1.39. The molecule has 0 bridgehead atoms. The Hall–Kier alpha value is -2.19. The maximum absolute atomic E-state index is 12.4. The van der Waals surface area contributed by atoms with Crippen molar-refractivity contribution in [1.82, 2.24) is 19.7 Å². The summed E-state index contributed by atoms with van der Waals surface area (Å²) in [6, 6.07) is 3.93. The summed E-state index contributed by atoms with van der Waals surface area (Å²) in [5.74, 6) is 1.16. The van der Waals surface area contributed by atoms with E-state index in [-0.39, 0.29) is 11.8 Å². The fourth-order valence-electron chi connectivity index (χ4n) is 4.15. The van der Waals surface area contributed by atoms with Gasteiger partial charge in [0.15, 0.2) is 0 Å². The van der Waals surface area contributed by atoms with Crippen molar-refractivity contribution in [2.45, 2.75) is 33.1 Å². The first-order valence-corrected chi connectivity index (χ1v) is 11.3. The highest BCUT2D eigenvalue weighted by molar-refractivity contribution is 5.92. The second-order valence-corrected chi connectivity index (χ2v) is 8.12. The molecule has 1 N–H and O–H groups in total. The second kappa shape index (κ2) is 11.3. The number of piperazine rings is 1. The van der Waals surface area contributed by atoms with Crippen LogP contribution < -0.4 is 10.2 Å². The van der Waals surface area contributed by atoms with Crippen LogP contribution in [-0.4, -0.2) is 96.9 Å². The Kier molecular flexibility index (Phi) is 8.45. The first-order chi connectivity index (χ1) is 14.6. The zero-order chi connectivity index (χ0) is 21.3. The minimum absolute atomic E-state index is 0.0183. The zero-order valence-corrected chi connectivity index (χ0v) is 18.5. The van der Waals surface area contributed by atoms with Crippen molar-refractivity contribution < 1.29 is 9.59 Å². The first kappa shape index (κ1) is 22.5. The summed E-state index contributed by atoms with van der Waals surface area (Å²) in [6.45, 7) is 11.7. The van der Waals surface area contributed by atoms with Gasteiger partial charge in [0.05, 0.1) is 25.0 Å². The van der Waals surface area contributed by atoms with Crippen LogP contribution in [0, 0.1) is 0 Å². The second-order valence-electron chi connectivity index (χ2n) is 8.12. The van der Waals surface area contributed by atoms with Gasteiger partial charge in [-0.05, 0) is 45.2 Å². The van der Waals surface area contributed by atoms with Gasteiger partial charge in [-0.2, -0.15) is 0 Å². The topological polar surface area (TPSA) is 72.0 Å². The molecule has 3 rings (SSSR count). The molecule has 2 fully saturated rings. The summed E-state index contributed by atoms with van der Waals surface area (Å²) in [4.78, 5) is 37.7. The molecule has 8 heteroatoms. The number of anilines is 2. The van der Waals surface area contributed by atoms with E-state index in [0.29, 0.717) is 13.1 Å². The third-order valence-electron chi connectivity index (χ3n) is 6.02. The zero-order valence-electron chi connectivity index (χ0n) is 18.5. The standard InChI is InChI=1S/C22H36N6O2/c1-3-27(4-2)22(30)18-26-14-12-25(13-15-26)17-21(29)24-19-8-9-20(23-16-19)28-10-6-5-7-11-28/h8-9,16H,3-7,10-15,17-18H2,1-2H3,(H,24,29). The van der Waals surface area contributed by atoms with Crippen molar-refractivity contribution in [2.75, 3.05) is 75.7 Å². The Bertz CT molecular complexity index is 677. The molecule has 1 aromatic rings. The minimum Gasteiger partial charge on any atom is -0.357 e. The van der Waals surface area contributed by atoms with Crippen LogP contribution in [0.3, 0.4) is 0 Å². The number of aromatic nitrogens is 1. The van der Waals surface area contributed by atoms with Gasteiger partial charge in [0.1, 0.15) is 5.82 Å².